The van der Waals surface area contributed by atoms with Gasteiger partial charge in [0, 0.05) is 5.56 Å². The predicted octanol–water partition coefficient (Wildman–Crippen LogP) is 4.44. The van der Waals surface area contributed by atoms with Crippen molar-refractivity contribution in [2.24, 2.45) is 0 Å². The minimum Gasteiger partial charge on any atom is -0.356 e. The first-order chi connectivity index (χ1) is 11.7. The van der Waals surface area contributed by atoms with E-state index in [9.17, 15) is 13.2 Å². The zero-order valence-corrected chi connectivity index (χ0v) is 14.7. The van der Waals surface area contributed by atoms with Crippen molar-refractivity contribution in [1.82, 2.24) is 9.97 Å². The van der Waals surface area contributed by atoms with Gasteiger partial charge in [-0.1, -0.05) is 17.7 Å². The summed E-state index contributed by atoms with van der Waals surface area (Å²) in [6.45, 7) is 7.92. The smallest absolute Gasteiger partial charge is 0.356 e. The Morgan fingerprint density at radius 2 is 1.72 bits per heavy atom. The van der Waals surface area contributed by atoms with Crippen molar-refractivity contribution in [1.29, 1.82) is 0 Å². The van der Waals surface area contributed by atoms with Gasteiger partial charge in [0.05, 0.1) is 24.4 Å². The highest BCUT2D eigenvalue weighted by molar-refractivity contribution is 5.70. The number of aryl methyl sites for hydroxylation is 4. The number of benzene rings is 1. The van der Waals surface area contributed by atoms with Crippen LogP contribution in [0.3, 0.4) is 0 Å². The van der Waals surface area contributed by atoms with Crippen LogP contribution in [0.1, 0.15) is 33.8 Å². The molecule has 1 aliphatic rings. The highest BCUT2D eigenvalue weighted by Crippen LogP contribution is 2.37. The van der Waals surface area contributed by atoms with Gasteiger partial charge < -0.3 is 9.64 Å². The van der Waals surface area contributed by atoms with Crippen molar-refractivity contribution in [3.8, 4) is 0 Å². The van der Waals surface area contributed by atoms with Crippen molar-refractivity contribution >= 4 is 11.5 Å². The Bertz CT molecular complexity index is 795. The average Bonchev–Trinajstić information content (AvgIpc) is 2.45. The molecule has 1 aromatic heterocycles. The molecule has 0 saturated carbocycles. The van der Waals surface area contributed by atoms with Crippen LogP contribution in [0.4, 0.5) is 24.7 Å². The van der Waals surface area contributed by atoms with E-state index in [4.69, 9.17) is 4.74 Å². The van der Waals surface area contributed by atoms with Crippen LogP contribution in [0.2, 0.25) is 0 Å². The van der Waals surface area contributed by atoms with E-state index >= 15 is 0 Å². The summed E-state index contributed by atoms with van der Waals surface area (Å²) in [4.78, 5) is 10.3. The number of halogens is 3. The average molecular weight is 351 g/mol. The molecule has 2 heterocycles. The molecule has 1 aromatic carbocycles. The summed E-state index contributed by atoms with van der Waals surface area (Å²) in [5.41, 5.74) is 4.51. The van der Waals surface area contributed by atoms with E-state index in [0.717, 1.165) is 22.4 Å². The summed E-state index contributed by atoms with van der Waals surface area (Å²) in [5, 5.41) is 0. The minimum absolute atomic E-state index is 0.0119. The number of hydrogen-bond acceptors (Lipinski definition) is 4. The molecule has 3 rings (SSSR count). The van der Waals surface area contributed by atoms with Crippen LogP contribution >= 0.6 is 0 Å². The minimum atomic E-state index is -4.33. The maximum absolute atomic E-state index is 12.9. The molecule has 0 amide bonds. The van der Waals surface area contributed by atoms with Gasteiger partial charge in [0.15, 0.2) is 0 Å². The Labute approximate surface area is 144 Å². The highest BCUT2D eigenvalue weighted by atomic mass is 19.4. The van der Waals surface area contributed by atoms with Crippen LogP contribution in [0.25, 0.3) is 0 Å². The van der Waals surface area contributed by atoms with Crippen molar-refractivity contribution < 1.29 is 17.9 Å². The monoisotopic (exact) mass is 351 g/mol. The fraction of sp³-hybridized carbons (Fsp3) is 0.444. The first kappa shape index (κ1) is 17.7. The third-order valence-electron chi connectivity index (χ3n) is 4.18. The van der Waals surface area contributed by atoms with Gasteiger partial charge in [0.2, 0.25) is 0 Å². The van der Waals surface area contributed by atoms with Crippen molar-refractivity contribution in [2.75, 3.05) is 11.6 Å². The fourth-order valence-corrected chi connectivity index (χ4v) is 3.41. The van der Waals surface area contributed by atoms with Crippen LogP contribution in [0, 0.1) is 27.7 Å². The van der Waals surface area contributed by atoms with E-state index in [1.807, 2.05) is 37.8 Å². The standard InChI is InChI=1S/C18H20F3N3O/c1-10-5-11(2)16(12(3)6-10)24-9-25-8-14-15(7-18(19,20)21)22-13(4)23-17(14)24/h5-6H,7-9H2,1-4H3. The number of alkyl halides is 3. The van der Waals surface area contributed by atoms with Crippen LogP contribution in [0.15, 0.2) is 12.1 Å². The van der Waals surface area contributed by atoms with E-state index in [1.165, 1.54) is 0 Å². The highest BCUT2D eigenvalue weighted by Gasteiger charge is 2.33. The van der Waals surface area contributed by atoms with Crippen LogP contribution < -0.4 is 4.90 Å². The van der Waals surface area contributed by atoms with Crippen molar-refractivity contribution in [2.45, 2.75) is 46.9 Å². The molecule has 134 valence electrons. The molecule has 4 nitrogen and oxygen atoms in total. The molecule has 0 bridgehead atoms. The molecule has 25 heavy (non-hydrogen) atoms. The van der Waals surface area contributed by atoms with Gasteiger partial charge in [0.1, 0.15) is 18.4 Å². The summed E-state index contributed by atoms with van der Waals surface area (Å²) < 4.78 is 44.3. The Hall–Kier alpha value is -2.15. The van der Waals surface area contributed by atoms with Crippen LogP contribution in [0.5, 0.6) is 0 Å². The Morgan fingerprint density at radius 3 is 2.32 bits per heavy atom. The summed E-state index contributed by atoms with van der Waals surface area (Å²) in [6.07, 6.45) is -5.41. The number of rotatable bonds is 2. The lowest BCUT2D eigenvalue weighted by atomic mass is 10.0. The van der Waals surface area contributed by atoms with Crippen molar-refractivity contribution in [3.05, 3.63) is 45.9 Å². The molecule has 2 aromatic rings. The summed E-state index contributed by atoms with van der Waals surface area (Å²) in [5.74, 6) is 0.834. The number of hydrogen-bond donors (Lipinski definition) is 0. The van der Waals surface area contributed by atoms with Gasteiger partial charge in [0.25, 0.3) is 0 Å². The largest absolute Gasteiger partial charge is 0.394 e. The first-order valence-corrected chi connectivity index (χ1v) is 8.02. The Kier molecular flexibility index (Phi) is 4.45. The normalized spacial score (nSPS) is 14.6. The molecule has 0 radical (unpaired) electrons. The molecule has 0 N–H and O–H groups in total. The van der Waals surface area contributed by atoms with E-state index in [2.05, 4.69) is 9.97 Å². The molecular formula is C18H20F3N3O. The topological polar surface area (TPSA) is 38.2 Å². The molecule has 0 fully saturated rings. The maximum Gasteiger partial charge on any atom is 0.394 e. The van der Waals surface area contributed by atoms with Gasteiger partial charge in [-0.3, -0.25) is 0 Å². The molecule has 0 unspecified atom stereocenters. The summed E-state index contributed by atoms with van der Waals surface area (Å²) >= 11 is 0. The van der Waals surface area contributed by atoms with E-state index in [-0.39, 0.29) is 19.0 Å². The summed E-state index contributed by atoms with van der Waals surface area (Å²) in [7, 11) is 0. The molecular weight excluding hydrogens is 331 g/mol. The predicted molar refractivity (Wildman–Crippen MR) is 89.0 cm³/mol. The number of fused-ring (bicyclic) bond motifs is 1. The second-order valence-corrected chi connectivity index (χ2v) is 6.46. The maximum atomic E-state index is 12.9. The molecule has 1 aliphatic heterocycles. The zero-order valence-electron chi connectivity index (χ0n) is 14.7. The van der Waals surface area contributed by atoms with Gasteiger partial charge >= 0.3 is 6.18 Å². The quantitative estimate of drug-likeness (QED) is 0.802. The molecule has 7 heteroatoms. The van der Waals surface area contributed by atoms with Crippen LogP contribution in [-0.2, 0) is 17.8 Å². The Balaban J connectivity index is 2.15. The third kappa shape index (κ3) is 3.61. The van der Waals surface area contributed by atoms with E-state index in [0.29, 0.717) is 17.2 Å². The van der Waals surface area contributed by atoms with Gasteiger partial charge in [-0.05, 0) is 38.8 Å². The lowest BCUT2D eigenvalue weighted by Gasteiger charge is -2.33. The summed E-state index contributed by atoms with van der Waals surface area (Å²) in [6, 6.07) is 4.09. The lowest BCUT2D eigenvalue weighted by molar-refractivity contribution is -0.128. The second kappa shape index (κ2) is 6.29. The van der Waals surface area contributed by atoms with E-state index in [1.54, 1.807) is 6.92 Å². The van der Waals surface area contributed by atoms with Crippen molar-refractivity contribution in [3.63, 3.8) is 0 Å². The number of aromatic nitrogens is 2. The lowest BCUT2D eigenvalue weighted by Crippen LogP contribution is -2.31. The van der Waals surface area contributed by atoms with Gasteiger partial charge in [-0.25, -0.2) is 9.97 Å². The van der Waals surface area contributed by atoms with Gasteiger partial charge in [-0.15, -0.1) is 0 Å². The second-order valence-electron chi connectivity index (χ2n) is 6.46. The fourth-order valence-electron chi connectivity index (χ4n) is 3.41. The zero-order chi connectivity index (χ0) is 18.4. The number of nitrogens with zero attached hydrogens (tertiary/aromatic N) is 3. The molecule has 0 spiro atoms. The number of ether oxygens (including phenoxy) is 1. The third-order valence-corrected chi connectivity index (χ3v) is 4.18. The number of anilines is 2. The van der Waals surface area contributed by atoms with Gasteiger partial charge in [-0.2, -0.15) is 13.2 Å². The van der Waals surface area contributed by atoms with E-state index < -0.39 is 12.6 Å². The first-order valence-electron chi connectivity index (χ1n) is 8.02. The molecule has 0 atom stereocenters. The molecule has 0 saturated heterocycles. The molecule has 0 aliphatic carbocycles. The van der Waals surface area contributed by atoms with Crippen LogP contribution in [-0.4, -0.2) is 22.9 Å². The SMILES string of the molecule is Cc1cc(C)c(N2COCc3c(CC(F)(F)F)nc(C)nc32)c(C)c1. The Morgan fingerprint density at radius 1 is 1.08 bits per heavy atom.